The summed E-state index contributed by atoms with van der Waals surface area (Å²) in [6.45, 7) is 4.80. The number of ether oxygens (including phenoxy) is 1. The first kappa shape index (κ1) is 18.8. The Bertz CT molecular complexity index is 911. The van der Waals surface area contributed by atoms with E-state index >= 15 is 0 Å². The average Bonchev–Trinajstić information content (AvgIpc) is 3.44. The molecule has 0 amide bonds. The Hall–Kier alpha value is -2.21. The highest BCUT2D eigenvalue weighted by Crippen LogP contribution is 2.40. The summed E-state index contributed by atoms with van der Waals surface area (Å²) in [4.78, 5) is 13.5. The predicted octanol–water partition coefficient (Wildman–Crippen LogP) is 2.15. The van der Waals surface area contributed by atoms with Gasteiger partial charge in [0.2, 0.25) is 0 Å². The van der Waals surface area contributed by atoms with Crippen molar-refractivity contribution in [3.63, 3.8) is 0 Å². The fraction of sp³-hybridized carbons (Fsp3) is 0.667. The highest BCUT2D eigenvalue weighted by atomic mass is 16.5. The lowest BCUT2D eigenvalue weighted by Gasteiger charge is -2.45. The van der Waals surface area contributed by atoms with E-state index in [0.717, 1.165) is 43.5 Å². The number of nitriles is 1. The molecule has 2 aromatic heterocycles. The molecule has 8 heteroatoms. The normalized spacial score (nSPS) is 27.7. The SMILES string of the molecule is N#CCN1CCC2(CCCN2CC2CCC(n3ccc4c(N)ncnc43)O2)CC1. The molecule has 3 aliphatic rings. The van der Waals surface area contributed by atoms with Gasteiger partial charge in [0, 0.05) is 31.4 Å². The second-order valence-corrected chi connectivity index (χ2v) is 8.72. The lowest BCUT2D eigenvalue weighted by atomic mass is 9.84. The standard InChI is InChI=1S/C21H29N7O/c22-8-13-26-11-6-21(7-12-26)5-1-9-27(21)14-16-2-3-18(29-16)28-10-4-17-19(23)24-15-25-20(17)28/h4,10,15-16,18H,1-3,5-7,9,11-14H2,(H2,23,24,25). The van der Waals surface area contributed by atoms with Crippen LogP contribution < -0.4 is 5.73 Å². The van der Waals surface area contributed by atoms with E-state index in [-0.39, 0.29) is 12.3 Å². The van der Waals surface area contributed by atoms with Crippen molar-refractivity contribution in [3.8, 4) is 6.07 Å². The molecule has 0 aromatic carbocycles. The van der Waals surface area contributed by atoms with Gasteiger partial charge in [0.05, 0.1) is 24.1 Å². The molecule has 0 radical (unpaired) electrons. The smallest absolute Gasteiger partial charge is 0.147 e. The second-order valence-electron chi connectivity index (χ2n) is 8.72. The van der Waals surface area contributed by atoms with Crippen molar-refractivity contribution in [2.45, 2.75) is 56.4 Å². The monoisotopic (exact) mass is 395 g/mol. The third-order valence-corrected chi connectivity index (χ3v) is 7.18. The molecule has 2 aromatic rings. The summed E-state index contributed by atoms with van der Waals surface area (Å²) in [7, 11) is 0. The minimum Gasteiger partial charge on any atom is -0.383 e. The molecule has 154 valence electrons. The van der Waals surface area contributed by atoms with E-state index in [2.05, 4.69) is 30.4 Å². The molecule has 5 heterocycles. The number of hydrogen-bond donors (Lipinski definition) is 1. The number of fused-ring (bicyclic) bond motifs is 1. The van der Waals surface area contributed by atoms with Crippen LogP contribution in [0, 0.1) is 11.3 Å². The summed E-state index contributed by atoms with van der Waals surface area (Å²) < 4.78 is 8.58. The molecule has 3 saturated heterocycles. The molecule has 3 fully saturated rings. The fourth-order valence-corrected chi connectivity index (χ4v) is 5.57. The van der Waals surface area contributed by atoms with Crippen LogP contribution in [-0.2, 0) is 4.74 Å². The van der Waals surface area contributed by atoms with E-state index in [4.69, 9.17) is 15.7 Å². The van der Waals surface area contributed by atoms with Gasteiger partial charge in [-0.2, -0.15) is 5.26 Å². The number of likely N-dealkylation sites (tertiary alicyclic amines) is 2. The molecule has 2 N–H and O–H groups in total. The van der Waals surface area contributed by atoms with Gasteiger partial charge >= 0.3 is 0 Å². The number of hydrogen-bond acceptors (Lipinski definition) is 7. The first-order valence-electron chi connectivity index (χ1n) is 10.8. The largest absolute Gasteiger partial charge is 0.383 e. The Morgan fingerprint density at radius 3 is 2.90 bits per heavy atom. The van der Waals surface area contributed by atoms with Crippen LogP contribution in [0.2, 0.25) is 0 Å². The summed E-state index contributed by atoms with van der Waals surface area (Å²) in [5, 5.41) is 9.86. The first-order valence-corrected chi connectivity index (χ1v) is 10.8. The van der Waals surface area contributed by atoms with Crippen molar-refractivity contribution in [1.29, 1.82) is 5.26 Å². The molecule has 0 bridgehead atoms. The summed E-state index contributed by atoms with van der Waals surface area (Å²) in [6.07, 6.45) is 10.8. The number of nitrogens with zero attached hydrogens (tertiary/aromatic N) is 6. The van der Waals surface area contributed by atoms with Crippen LogP contribution in [0.25, 0.3) is 11.0 Å². The van der Waals surface area contributed by atoms with E-state index in [0.29, 0.717) is 17.9 Å². The van der Waals surface area contributed by atoms with Crippen molar-refractivity contribution in [3.05, 3.63) is 18.6 Å². The third kappa shape index (κ3) is 3.37. The predicted molar refractivity (Wildman–Crippen MR) is 110 cm³/mol. The maximum Gasteiger partial charge on any atom is 0.147 e. The lowest BCUT2D eigenvalue weighted by Crippen LogP contribution is -2.53. The highest BCUT2D eigenvalue weighted by Gasteiger charge is 2.44. The number of anilines is 1. The summed E-state index contributed by atoms with van der Waals surface area (Å²) >= 11 is 0. The van der Waals surface area contributed by atoms with Gasteiger partial charge in [-0.15, -0.1) is 0 Å². The zero-order chi connectivity index (χ0) is 19.8. The molecule has 0 saturated carbocycles. The fourth-order valence-electron chi connectivity index (χ4n) is 5.57. The van der Waals surface area contributed by atoms with Gasteiger partial charge < -0.3 is 15.0 Å². The lowest BCUT2D eigenvalue weighted by molar-refractivity contribution is -0.0329. The second kappa shape index (κ2) is 7.56. The minimum absolute atomic E-state index is 0.0165. The van der Waals surface area contributed by atoms with Crippen LogP contribution in [0.1, 0.15) is 44.8 Å². The molecule has 5 rings (SSSR count). The van der Waals surface area contributed by atoms with E-state index in [1.165, 1.54) is 38.6 Å². The van der Waals surface area contributed by atoms with Crippen molar-refractivity contribution >= 4 is 16.9 Å². The van der Waals surface area contributed by atoms with E-state index < -0.39 is 0 Å². The number of piperidine rings is 1. The van der Waals surface area contributed by atoms with Gasteiger partial charge in [-0.1, -0.05) is 0 Å². The van der Waals surface area contributed by atoms with Crippen LogP contribution in [0.15, 0.2) is 18.6 Å². The highest BCUT2D eigenvalue weighted by molar-refractivity contribution is 5.86. The van der Waals surface area contributed by atoms with Crippen LogP contribution in [0.5, 0.6) is 0 Å². The topological polar surface area (TPSA) is 96.2 Å². The minimum atomic E-state index is 0.0165. The molecule has 3 aliphatic heterocycles. The van der Waals surface area contributed by atoms with Gasteiger partial charge in [-0.25, -0.2) is 9.97 Å². The summed E-state index contributed by atoms with van der Waals surface area (Å²) in [5.74, 6) is 0.519. The van der Waals surface area contributed by atoms with Crippen LogP contribution in [-0.4, -0.2) is 68.7 Å². The third-order valence-electron chi connectivity index (χ3n) is 7.18. The van der Waals surface area contributed by atoms with Gasteiger partial charge in [-0.3, -0.25) is 9.80 Å². The number of nitrogens with two attached hydrogens (primary N) is 1. The van der Waals surface area contributed by atoms with E-state index in [9.17, 15) is 0 Å². The number of nitrogen functional groups attached to an aromatic ring is 1. The van der Waals surface area contributed by atoms with Crippen molar-refractivity contribution in [1.82, 2.24) is 24.3 Å². The Labute approximate surface area is 171 Å². The molecular weight excluding hydrogens is 366 g/mol. The molecule has 2 atom stereocenters. The number of rotatable bonds is 4. The molecule has 0 aliphatic carbocycles. The van der Waals surface area contributed by atoms with Crippen molar-refractivity contribution in [2.24, 2.45) is 0 Å². The van der Waals surface area contributed by atoms with Gasteiger partial charge in [0.25, 0.3) is 0 Å². The molecule has 1 spiro atoms. The Morgan fingerprint density at radius 2 is 2.07 bits per heavy atom. The average molecular weight is 396 g/mol. The zero-order valence-corrected chi connectivity index (χ0v) is 16.8. The summed E-state index contributed by atoms with van der Waals surface area (Å²) in [6, 6.07) is 4.27. The van der Waals surface area contributed by atoms with Gasteiger partial charge in [0.1, 0.15) is 24.0 Å². The van der Waals surface area contributed by atoms with Gasteiger partial charge in [0.15, 0.2) is 0 Å². The molecular formula is C21H29N7O. The zero-order valence-electron chi connectivity index (χ0n) is 16.8. The maximum atomic E-state index is 8.97. The van der Waals surface area contributed by atoms with Crippen molar-refractivity contribution in [2.75, 3.05) is 38.5 Å². The van der Waals surface area contributed by atoms with Gasteiger partial charge in [-0.05, 0) is 51.1 Å². The van der Waals surface area contributed by atoms with Crippen LogP contribution in [0.3, 0.4) is 0 Å². The Balaban J connectivity index is 1.24. The molecule has 29 heavy (non-hydrogen) atoms. The van der Waals surface area contributed by atoms with E-state index in [1.54, 1.807) is 0 Å². The first-order chi connectivity index (χ1) is 14.2. The molecule has 8 nitrogen and oxygen atoms in total. The molecule has 2 unspecified atom stereocenters. The van der Waals surface area contributed by atoms with Crippen LogP contribution in [0.4, 0.5) is 5.82 Å². The Morgan fingerprint density at radius 1 is 1.21 bits per heavy atom. The van der Waals surface area contributed by atoms with E-state index in [1.807, 2.05) is 12.3 Å². The van der Waals surface area contributed by atoms with Crippen molar-refractivity contribution < 1.29 is 4.74 Å². The maximum absolute atomic E-state index is 8.97. The Kier molecular flexibility index (Phi) is 4.90. The summed E-state index contributed by atoms with van der Waals surface area (Å²) in [5.41, 5.74) is 7.15. The van der Waals surface area contributed by atoms with Crippen LogP contribution >= 0.6 is 0 Å². The quantitative estimate of drug-likeness (QED) is 0.792. The number of aromatic nitrogens is 3.